The van der Waals surface area contributed by atoms with Crippen molar-refractivity contribution in [2.75, 3.05) is 0 Å². The fraction of sp³-hybridized carbons (Fsp3) is 0.0667. The van der Waals surface area contributed by atoms with Crippen LogP contribution in [0.4, 0.5) is 22.7 Å². The van der Waals surface area contributed by atoms with Gasteiger partial charge in [0.25, 0.3) is 11.4 Å². The number of phenols is 2. The highest BCUT2D eigenvalue weighted by molar-refractivity contribution is 7.92. The van der Waals surface area contributed by atoms with Gasteiger partial charge in [-0.05, 0) is 35.4 Å². The Kier molecular flexibility index (Phi) is 11.5. The van der Waals surface area contributed by atoms with Crippen LogP contribution >= 0.6 is 46.4 Å². The first kappa shape index (κ1) is 38.5. The number of nitro benzene ring substituents is 4. The van der Waals surface area contributed by atoms with Crippen molar-refractivity contribution in [2.45, 2.75) is 10.5 Å². The molecule has 4 aromatic carbocycles. The highest BCUT2D eigenvalue weighted by atomic mass is 35.5. The van der Waals surface area contributed by atoms with Crippen molar-refractivity contribution in [2.24, 2.45) is 0 Å². The summed E-state index contributed by atoms with van der Waals surface area (Å²) in [5, 5.41) is 63.3. The van der Waals surface area contributed by atoms with Crippen LogP contribution in [0.15, 0.2) is 72.8 Å². The molecule has 0 saturated heterocycles. The first-order chi connectivity index (χ1) is 23.8. The molecule has 0 aliphatic carbocycles. The number of non-ortho nitro benzene ring substituents is 2. The van der Waals surface area contributed by atoms with E-state index in [4.69, 9.17) is 46.4 Å². The lowest BCUT2D eigenvalue weighted by Crippen LogP contribution is -2.19. The van der Waals surface area contributed by atoms with E-state index >= 15 is 0 Å². The van der Waals surface area contributed by atoms with Gasteiger partial charge in [-0.2, -0.15) is 0 Å². The van der Waals surface area contributed by atoms with Crippen molar-refractivity contribution in [3.63, 3.8) is 0 Å². The molecule has 0 heterocycles. The van der Waals surface area contributed by atoms with Crippen LogP contribution in [-0.2, 0) is 9.84 Å². The van der Waals surface area contributed by atoms with Gasteiger partial charge in [0.2, 0.25) is 11.5 Å². The van der Waals surface area contributed by atoms with Gasteiger partial charge in [0.15, 0.2) is 9.84 Å². The predicted molar refractivity (Wildman–Crippen MR) is 188 cm³/mol. The average molecular weight is 800 g/mol. The number of phenolic OH excluding ortho intramolecular Hbond substituents is 2. The number of hydrogen-bond acceptors (Lipinski definition) is 12. The molecule has 2 atom stereocenters. The summed E-state index contributed by atoms with van der Waals surface area (Å²) >= 11 is 25.0. The first-order valence-electron chi connectivity index (χ1n) is 13.6. The Morgan fingerprint density at radius 1 is 0.569 bits per heavy atom. The van der Waals surface area contributed by atoms with Gasteiger partial charge in [0.05, 0.1) is 31.8 Å². The van der Waals surface area contributed by atoms with Crippen molar-refractivity contribution in [3.8, 4) is 11.5 Å². The maximum absolute atomic E-state index is 14.8. The molecule has 0 bridgehead atoms. The molecule has 0 radical (unpaired) electrons. The number of hydrogen-bond donors (Lipinski definition) is 2. The fourth-order valence-electron chi connectivity index (χ4n) is 4.78. The highest BCUT2D eigenvalue weighted by Crippen LogP contribution is 2.44. The van der Waals surface area contributed by atoms with Crippen LogP contribution in [0.3, 0.4) is 0 Å². The van der Waals surface area contributed by atoms with Gasteiger partial charge in [-0.3, -0.25) is 40.5 Å². The largest absolute Gasteiger partial charge is 0.502 e. The number of benzene rings is 4. The minimum absolute atomic E-state index is 0.0933. The maximum atomic E-state index is 14.8. The van der Waals surface area contributed by atoms with Crippen LogP contribution in [-0.4, -0.2) is 38.3 Å². The zero-order valence-electron chi connectivity index (χ0n) is 24.9. The summed E-state index contributed by atoms with van der Waals surface area (Å²) in [4.78, 5) is 41.9. The van der Waals surface area contributed by atoms with Crippen molar-refractivity contribution in [3.05, 3.63) is 156 Å². The summed E-state index contributed by atoms with van der Waals surface area (Å²) < 4.78 is 29.6. The summed E-state index contributed by atoms with van der Waals surface area (Å²) in [6.07, 6.45) is 3.60. The van der Waals surface area contributed by atoms with Gasteiger partial charge in [-0.1, -0.05) is 82.8 Å². The molecule has 4 rings (SSSR count). The second-order valence-corrected chi connectivity index (χ2v) is 14.2. The molecule has 264 valence electrons. The quantitative estimate of drug-likeness (QED) is 0.101. The smallest absolute Gasteiger partial charge is 0.318 e. The zero-order chi connectivity index (χ0) is 37.9. The van der Waals surface area contributed by atoms with Crippen LogP contribution < -0.4 is 0 Å². The summed E-state index contributed by atoms with van der Waals surface area (Å²) in [6.45, 7) is 0. The van der Waals surface area contributed by atoms with E-state index in [1.807, 2.05) is 0 Å². The standard InChI is InChI=1S/C30H18Cl4N4O12S/c31-17-3-5-21(23(33)11-17)27(7-1-15-9-19(35(41)42)13-25(29(15)39)37(45)46)51(49,50)28(22-6-4-18(32)12-24(22)34)8-2-16-10-20(36(43)44)14-26(30(16)40)38(47)48/h1-14,27-28,39-40H/b7-1+,8-2+. The molecule has 4 aromatic rings. The van der Waals surface area contributed by atoms with Crippen molar-refractivity contribution < 1.29 is 38.3 Å². The predicted octanol–water partition coefficient (Wildman–Crippen LogP) is 8.97. The number of halogens is 4. The molecule has 2 N–H and O–H groups in total. The fourth-order valence-corrected chi connectivity index (χ4v) is 7.99. The average Bonchev–Trinajstić information content (AvgIpc) is 3.03. The van der Waals surface area contributed by atoms with Gasteiger partial charge in [-0.25, -0.2) is 8.42 Å². The molecule has 0 saturated carbocycles. The number of nitro groups is 4. The lowest BCUT2D eigenvalue weighted by atomic mass is 10.1. The molecule has 2 unspecified atom stereocenters. The van der Waals surface area contributed by atoms with Gasteiger partial charge in [-0.15, -0.1) is 0 Å². The Balaban J connectivity index is 2.02. The minimum Gasteiger partial charge on any atom is -0.502 e. The van der Waals surface area contributed by atoms with E-state index in [9.17, 15) is 59.1 Å². The summed E-state index contributed by atoms with van der Waals surface area (Å²) in [7, 11) is -4.84. The van der Waals surface area contributed by atoms with E-state index in [-0.39, 0.29) is 31.2 Å². The third-order valence-corrected chi connectivity index (χ3v) is 10.5. The van der Waals surface area contributed by atoms with E-state index in [0.717, 1.165) is 36.4 Å². The van der Waals surface area contributed by atoms with Gasteiger partial charge in [0, 0.05) is 43.4 Å². The molecule has 16 nitrogen and oxygen atoms in total. The lowest BCUT2D eigenvalue weighted by Gasteiger charge is -2.23. The van der Waals surface area contributed by atoms with Crippen LogP contribution in [0.25, 0.3) is 12.2 Å². The number of aromatic hydroxyl groups is 2. The van der Waals surface area contributed by atoms with Gasteiger partial charge < -0.3 is 10.2 Å². The van der Waals surface area contributed by atoms with E-state index in [0.29, 0.717) is 12.1 Å². The van der Waals surface area contributed by atoms with Gasteiger partial charge >= 0.3 is 11.4 Å². The molecular formula is C30H18Cl4N4O12S. The van der Waals surface area contributed by atoms with E-state index in [1.165, 1.54) is 36.4 Å². The third kappa shape index (κ3) is 8.35. The molecule has 0 fully saturated rings. The van der Waals surface area contributed by atoms with E-state index in [2.05, 4.69) is 0 Å². The molecular weight excluding hydrogens is 782 g/mol. The lowest BCUT2D eigenvalue weighted by molar-refractivity contribution is -0.395. The van der Waals surface area contributed by atoms with Gasteiger partial charge in [0.1, 0.15) is 10.5 Å². The SMILES string of the molecule is O=[N+]([O-])c1cc(/C=C/C(c2ccc(Cl)cc2Cl)S(=O)(=O)C(/C=C/c2cc([N+](=O)[O-])cc([N+](=O)[O-])c2O)c2ccc(Cl)cc2Cl)c(O)c([N+](=O)[O-])c1. The van der Waals surface area contributed by atoms with Crippen LogP contribution in [0.2, 0.25) is 20.1 Å². The Hall–Kier alpha value is -5.33. The Bertz CT molecular complexity index is 2150. The molecule has 0 aromatic heterocycles. The Labute approximate surface area is 305 Å². The van der Waals surface area contributed by atoms with Crippen molar-refractivity contribution in [1.29, 1.82) is 0 Å². The first-order valence-corrected chi connectivity index (χ1v) is 16.8. The molecule has 0 aliphatic rings. The molecule has 0 amide bonds. The van der Waals surface area contributed by atoms with Crippen LogP contribution in [0.1, 0.15) is 32.8 Å². The Morgan fingerprint density at radius 2 is 0.922 bits per heavy atom. The molecule has 51 heavy (non-hydrogen) atoms. The zero-order valence-corrected chi connectivity index (χ0v) is 28.8. The van der Waals surface area contributed by atoms with Crippen LogP contribution in [0.5, 0.6) is 11.5 Å². The minimum atomic E-state index is -4.84. The second kappa shape index (κ2) is 15.3. The maximum Gasteiger partial charge on any atom is 0.318 e. The van der Waals surface area contributed by atoms with Crippen molar-refractivity contribution >= 4 is 91.1 Å². The normalized spacial score (nSPS) is 12.9. The number of sulfone groups is 1. The van der Waals surface area contributed by atoms with Crippen molar-refractivity contribution in [1.82, 2.24) is 0 Å². The second-order valence-electron chi connectivity index (χ2n) is 10.3. The van der Waals surface area contributed by atoms with E-state index in [1.54, 1.807) is 0 Å². The third-order valence-electron chi connectivity index (χ3n) is 7.17. The molecule has 0 spiro atoms. The monoisotopic (exact) mass is 798 g/mol. The summed E-state index contributed by atoms with van der Waals surface area (Å²) in [5.74, 6) is -2.06. The summed E-state index contributed by atoms with van der Waals surface area (Å²) in [5.41, 5.74) is -5.04. The Morgan fingerprint density at radius 3 is 1.22 bits per heavy atom. The topological polar surface area (TPSA) is 247 Å². The molecule has 21 heteroatoms. The number of nitrogens with zero attached hydrogens (tertiary/aromatic N) is 4. The molecule has 0 aliphatic heterocycles. The van der Waals surface area contributed by atoms with E-state index < -0.39 is 85.4 Å². The summed E-state index contributed by atoms with van der Waals surface area (Å²) in [6, 6.07) is 9.97. The highest BCUT2D eigenvalue weighted by Gasteiger charge is 2.36. The number of rotatable bonds is 12. The van der Waals surface area contributed by atoms with Crippen LogP contribution in [0, 0.1) is 40.5 Å².